The van der Waals surface area contributed by atoms with Crippen molar-refractivity contribution in [1.82, 2.24) is 20.8 Å². The van der Waals surface area contributed by atoms with Crippen molar-refractivity contribution in [1.29, 1.82) is 0 Å². The molecule has 1 aromatic carbocycles. The zero-order valence-corrected chi connectivity index (χ0v) is 14.6. The summed E-state index contributed by atoms with van der Waals surface area (Å²) in [5.74, 6) is 0.0286. The molecule has 1 heterocycles. The van der Waals surface area contributed by atoms with Gasteiger partial charge >= 0.3 is 0 Å². The van der Waals surface area contributed by atoms with Crippen LogP contribution in [0, 0.1) is 6.92 Å². The molecule has 2 N–H and O–H groups in total. The first-order valence-corrected chi connectivity index (χ1v) is 8.58. The predicted molar refractivity (Wildman–Crippen MR) is 91.5 cm³/mol. The Kier molecular flexibility index (Phi) is 6.36. The summed E-state index contributed by atoms with van der Waals surface area (Å²) in [5, 5.41) is 13.5. The van der Waals surface area contributed by atoms with Gasteiger partial charge in [-0.3, -0.25) is 9.59 Å². The lowest BCUT2D eigenvalue weighted by atomic mass is 10.1. The lowest BCUT2D eigenvalue weighted by Gasteiger charge is -2.12. The van der Waals surface area contributed by atoms with Gasteiger partial charge in [0.05, 0.1) is 5.75 Å². The van der Waals surface area contributed by atoms with Crippen LogP contribution in [-0.2, 0) is 9.59 Å². The number of amides is 2. The van der Waals surface area contributed by atoms with Crippen molar-refractivity contribution in [3.05, 3.63) is 29.8 Å². The Morgan fingerprint density at radius 2 is 2.12 bits per heavy atom. The standard InChI is InChI=1S/C16H20N4O3S/c1-4-17-14(22)11(3)18-13(21)9-24-16-20-19-15(23-16)12-7-5-6-10(2)8-12/h5-8,11H,4,9H2,1-3H3,(H,17,22)(H,18,21)/t11-/m0/s1. The van der Waals surface area contributed by atoms with Gasteiger partial charge in [-0.25, -0.2) is 0 Å². The number of carbonyl (C=O) groups excluding carboxylic acids is 2. The fourth-order valence-electron chi connectivity index (χ4n) is 1.97. The van der Waals surface area contributed by atoms with Crippen LogP contribution in [0.2, 0.25) is 0 Å². The maximum Gasteiger partial charge on any atom is 0.277 e. The van der Waals surface area contributed by atoms with E-state index in [0.29, 0.717) is 17.7 Å². The van der Waals surface area contributed by atoms with E-state index in [1.54, 1.807) is 6.92 Å². The Morgan fingerprint density at radius 1 is 1.33 bits per heavy atom. The van der Waals surface area contributed by atoms with Gasteiger partial charge in [0.15, 0.2) is 0 Å². The maximum atomic E-state index is 11.9. The maximum absolute atomic E-state index is 11.9. The number of hydrogen-bond acceptors (Lipinski definition) is 6. The van der Waals surface area contributed by atoms with Gasteiger partial charge < -0.3 is 15.1 Å². The summed E-state index contributed by atoms with van der Waals surface area (Å²) in [6.07, 6.45) is 0. The zero-order valence-electron chi connectivity index (χ0n) is 13.8. The SMILES string of the molecule is CCNC(=O)[C@H](C)NC(=O)CSc1nnc(-c2cccc(C)c2)o1. The van der Waals surface area contributed by atoms with E-state index >= 15 is 0 Å². The van der Waals surface area contributed by atoms with Crippen molar-refractivity contribution in [2.24, 2.45) is 0 Å². The van der Waals surface area contributed by atoms with Crippen molar-refractivity contribution in [2.45, 2.75) is 32.0 Å². The van der Waals surface area contributed by atoms with Gasteiger partial charge in [0.2, 0.25) is 17.7 Å². The highest BCUT2D eigenvalue weighted by Crippen LogP contribution is 2.23. The summed E-state index contributed by atoms with van der Waals surface area (Å²) in [6.45, 7) is 5.97. The summed E-state index contributed by atoms with van der Waals surface area (Å²) in [4.78, 5) is 23.4. The molecule has 0 fully saturated rings. The van der Waals surface area contributed by atoms with Crippen LogP contribution >= 0.6 is 11.8 Å². The average Bonchev–Trinajstić information content (AvgIpc) is 3.02. The Balaban J connectivity index is 1.87. The molecule has 2 rings (SSSR count). The fraction of sp³-hybridized carbons (Fsp3) is 0.375. The zero-order chi connectivity index (χ0) is 17.5. The largest absolute Gasteiger partial charge is 0.411 e. The molecule has 0 bridgehead atoms. The van der Waals surface area contributed by atoms with Crippen molar-refractivity contribution < 1.29 is 14.0 Å². The smallest absolute Gasteiger partial charge is 0.277 e. The lowest BCUT2D eigenvalue weighted by Crippen LogP contribution is -2.45. The molecule has 0 radical (unpaired) electrons. The topological polar surface area (TPSA) is 97.1 Å². The minimum Gasteiger partial charge on any atom is -0.411 e. The van der Waals surface area contributed by atoms with E-state index in [1.807, 2.05) is 38.1 Å². The van der Waals surface area contributed by atoms with E-state index in [9.17, 15) is 9.59 Å². The minimum atomic E-state index is -0.580. The van der Waals surface area contributed by atoms with Gasteiger partial charge in [-0.2, -0.15) is 0 Å². The predicted octanol–water partition coefficient (Wildman–Crippen LogP) is 1.78. The van der Waals surface area contributed by atoms with Gasteiger partial charge in [-0.15, -0.1) is 10.2 Å². The molecule has 0 aliphatic heterocycles. The number of aromatic nitrogens is 2. The van der Waals surface area contributed by atoms with E-state index in [2.05, 4.69) is 20.8 Å². The molecule has 7 nitrogen and oxygen atoms in total. The lowest BCUT2D eigenvalue weighted by molar-refractivity contribution is -0.127. The van der Waals surface area contributed by atoms with Crippen LogP contribution in [-0.4, -0.2) is 40.4 Å². The van der Waals surface area contributed by atoms with E-state index in [1.165, 1.54) is 0 Å². The van der Waals surface area contributed by atoms with Crippen LogP contribution < -0.4 is 10.6 Å². The number of rotatable bonds is 7. The van der Waals surface area contributed by atoms with Crippen LogP contribution in [0.15, 0.2) is 33.9 Å². The number of aryl methyl sites for hydroxylation is 1. The van der Waals surface area contributed by atoms with Crippen LogP contribution in [0.3, 0.4) is 0 Å². The third-order valence-corrected chi connectivity index (χ3v) is 3.94. The number of carbonyl (C=O) groups is 2. The molecule has 8 heteroatoms. The number of likely N-dealkylation sites (N-methyl/N-ethyl adjacent to an activating group) is 1. The quantitative estimate of drug-likeness (QED) is 0.740. The number of thioether (sulfide) groups is 1. The molecular weight excluding hydrogens is 328 g/mol. The Morgan fingerprint density at radius 3 is 2.83 bits per heavy atom. The van der Waals surface area contributed by atoms with E-state index < -0.39 is 6.04 Å². The monoisotopic (exact) mass is 348 g/mol. The fourth-order valence-corrected chi connectivity index (χ4v) is 2.54. The van der Waals surface area contributed by atoms with E-state index in [0.717, 1.165) is 22.9 Å². The van der Waals surface area contributed by atoms with Crippen molar-refractivity contribution in [3.8, 4) is 11.5 Å². The summed E-state index contributed by atoms with van der Waals surface area (Å²) in [6, 6.07) is 7.15. The Labute approximate surface area is 144 Å². The Hall–Kier alpha value is -2.35. The van der Waals surface area contributed by atoms with Crippen LogP contribution in [0.4, 0.5) is 0 Å². The number of benzene rings is 1. The first-order chi connectivity index (χ1) is 11.5. The van der Waals surface area contributed by atoms with Crippen molar-refractivity contribution in [3.63, 3.8) is 0 Å². The van der Waals surface area contributed by atoms with Gasteiger partial charge in [0.1, 0.15) is 6.04 Å². The summed E-state index contributed by atoms with van der Waals surface area (Å²) in [5.41, 5.74) is 1.93. The van der Waals surface area contributed by atoms with E-state index in [-0.39, 0.29) is 17.6 Å². The molecule has 0 aliphatic carbocycles. The average molecular weight is 348 g/mol. The van der Waals surface area contributed by atoms with Gasteiger partial charge in [0.25, 0.3) is 5.22 Å². The third kappa shape index (κ3) is 5.09. The highest BCUT2D eigenvalue weighted by atomic mass is 32.2. The second-order valence-corrected chi connectivity index (χ2v) is 6.14. The molecule has 2 aromatic rings. The molecular formula is C16H20N4O3S. The molecule has 1 aromatic heterocycles. The molecule has 0 spiro atoms. The Bertz CT molecular complexity index is 717. The first kappa shape index (κ1) is 18.0. The van der Waals surface area contributed by atoms with Crippen LogP contribution in [0.25, 0.3) is 11.5 Å². The molecule has 24 heavy (non-hydrogen) atoms. The molecule has 2 amide bonds. The molecule has 0 saturated carbocycles. The van der Waals surface area contributed by atoms with Crippen LogP contribution in [0.5, 0.6) is 0 Å². The highest BCUT2D eigenvalue weighted by Gasteiger charge is 2.16. The van der Waals surface area contributed by atoms with E-state index in [4.69, 9.17) is 4.42 Å². The van der Waals surface area contributed by atoms with Crippen molar-refractivity contribution >= 4 is 23.6 Å². The highest BCUT2D eigenvalue weighted by molar-refractivity contribution is 7.99. The normalized spacial score (nSPS) is 11.8. The van der Waals surface area contributed by atoms with Crippen LogP contribution in [0.1, 0.15) is 19.4 Å². The first-order valence-electron chi connectivity index (χ1n) is 7.60. The molecule has 1 atom stereocenters. The molecule has 0 saturated heterocycles. The summed E-state index contributed by atoms with van der Waals surface area (Å²) >= 11 is 1.13. The number of nitrogens with one attached hydrogen (secondary N) is 2. The number of hydrogen-bond donors (Lipinski definition) is 2. The third-order valence-electron chi connectivity index (χ3n) is 3.12. The molecule has 0 unspecified atom stereocenters. The van der Waals surface area contributed by atoms with Crippen molar-refractivity contribution in [2.75, 3.05) is 12.3 Å². The second-order valence-electron chi connectivity index (χ2n) is 5.22. The number of nitrogens with zero attached hydrogens (tertiary/aromatic N) is 2. The minimum absolute atomic E-state index is 0.0964. The summed E-state index contributed by atoms with van der Waals surface area (Å²) in [7, 11) is 0. The molecule has 0 aliphatic rings. The van der Waals surface area contributed by atoms with Gasteiger partial charge in [-0.1, -0.05) is 29.5 Å². The second kappa shape index (κ2) is 8.49. The molecule has 128 valence electrons. The van der Waals surface area contributed by atoms with Gasteiger partial charge in [-0.05, 0) is 32.9 Å². The van der Waals surface area contributed by atoms with Gasteiger partial charge in [0, 0.05) is 12.1 Å². The summed E-state index contributed by atoms with van der Waals surface area (Å²) < 4.78 is 5.55.